The lowest BCUT2D eigenvalue weighted by atomic mass is 10.1. The third-order valence-electron chi connectivity index (χ3n) is 7.47. The monoisotopic (exact) mass is 802 g/mol. The van der Waals surface area contributed by atoms with Crippen LogP contribution in [0.3, 0.4) is 0 Å². The number of halogens is 4. The van der Waals surface area contributed by atoms with Gasteiger partial charge in [0.25, 0.3) is 11.8 Å². The van der Waals surface area contributed by atoms with Crippen LogP contribution in [0.2, 0.25) is 20.1 Å². The van der Waals surface area contributed by atoms with E-state index in [0.717, 1.165) is 10.5 Å². The zero-order valence-corrected chi connectivity index (χ0v) is 31.4. The van der Waals surface area contributed by atoms with E-state index in [1.54, 1.807) is 91.0 Å². The molecule has 0 saturated heterocycles. The number of hydrogen-bond acceptors (Lipinski definition) is 6. The van der Waals surface area contributed by atoms with E-state index >= 15 is 0 Å². The van der Waals surface area contributed by atoms with Crippen molar-refractivity contribution in [2.24, 2.45) is 0 Å². The summed E-state index contributed by atoms with van der Waals surface area (Å²) in [5, 5.41) is 11.7. The Balaban J connectivity index is 1.19. The maximum absolute atomic E-state index is 13.7. The van der Waals surface area contributed by atoms with Crippen LogP contribution in [-0.4, -0.2) is 22.7 Å². The highest BCUT2D eigenvalue weighted by molar-refractivity contribution is 8.00. The van der Waals surface area contributed by atoms with Crippen molar-refractivity contribution in [3.05, 3.63) is 169 Å². The molecule has 1 heterocycles. The SMILES string of the molecule is O=C(Nc1ccc(SC(C(=O)Nc2nc(-c3ccc(Cl)cc3Cl)cs2)c2ccccc2)cc1)/C(=C/c1c(Cl)cccc1Cl)NC(=O)c1ccccc1. The molecule has 13 heteroatoms. The molecule has 1 unspecified atom stereocenters. The molecular formula is C39H26Cl4N4O3S2. The minimum Gasteiger partial charge on any atom is -0.321 e. The number of nitrogens with zero attached hydrogens (tertiary/aromatic N) is 1. The van der Waals surface area contributed by atoms with E-state index in [4.69, 9.17) is 46.4 Å². The number of nitrogens with one attached hydrogen (secondary N) is 3. The molecule has 52 heavy (non-hydrogen) atoms. The molecule has 0 fully saturated rings. The molecule has 0 aliphatic heterocycles. The third kappa shape index (κ3) is 9.43. The lowest BCUT2D eigenvalue weighted by molar-refractivity contribution is -0.116. The van der Waals surface area contributed by atoms with Crippen molar-refractivity contribution in [1.82, 2.24) is 10.3 Å². The van der Waals surface area contributed by atoms with E-state index in [1.165, 1.54) is 29.2 Å². The highest BCUT2D eigenvalue weighted by atomic mass is 35.5. The molecule has 0 aliphatic rings. The summed E-state index contributed by atoms with van der Waals surface area (Å²) in [7, 11) is 0. The summed E-state index contributed by atoms with van der Waals surface area (Å²) in [6.45, 7) is 0. The molecule has 6 aromatic rings. The van der Waals surface area contributed by atoms with Gasteiger partial charge in [0.05, 0.1) is 10.7 Å². The number of thioether (sulfide) groups is 1. The van der Waals surface area contributed by atoms with Crippen molar-refractivity contribution in [2.75, 3.05) is 10.6 Å². The average Bonchev–Trinajstić information content (AvgIpc) is 3.60. The van der Waals surface area contributed by atoms with Crippen LogP contribution in [0, 0.1) is 0 Å². The van der Waals surface area contributed by atoms with Gasteiger partial charge in [-0.2, -0.15) is 0 Å². The van der Waals surface area contributed by atoms with E-state index < -0.39 is 17.1 Å². The van der Waals surface area contributed by atoms with E-state index in [-0.39, 0.29) is 11.6 Å². The zero-order chi connectivity index (χ0) is 36.6. The summed E-state index contributed by atoms with van der Waals surface area (Å²) in [5.74, 6) is -1.34. The van der Waals surface area contributed by atoms with Crippen molar-refractivity contribution in [3.8, 4) is 11.3 Å². The van der Waals surface area contributed by atoms with Crippen LogP contribution in [-0.2, 0) is 9.59 Å². The van der Waals surface area contributed by atoms with Crippen molar-refractivity contribution >= 4 is 104 Å². The molecule has 5 aromatic carbocycles. The molecule has 0 bridgehead atoms. The Labute approximate surface area is 328 Å². The van der Waals surface area contributed by atoms with Crippen LogP contribution in [0.5, 0.6) is 0 Å². The second-order valence-corrected chi connectivity index (χ2v) is 14.7. The first-order valence-corrected chi connectivity index (χ1v) is 18.8. The molecule has 0 saturated carbocycles. The summed E-state index contributed by atoms with van der Waals surface area (Å²) < 4.78 is 0. The predicted molar refractivity (Wildman–Crippen MR) is 215 cm³/mol. The maximum atomic E-state index is 13.7. The molecular weight excluding hydrogens is 778 g/mol. The van der Waals surface area contributed by atoms with Gasteiger partial charge in [0.15, 0.2) is 5.13 Å². The number of aromatic nitrogens is 1. The Kier molecular flexibility index (Phi) is 12.3. The van der Waals surface area contributed by atoms with Crippen molar-refractivity contribution in [3.63, 3.8) is 0 Å². The van der Waals surface area contributed by atoms with Crippen LogP contribution in [0.25, 0.3) is 17.3 Å². The Bertz CT molecular complexity index is 2250. The smallest absolute Gasteiger partial charge is 0.272 e. The van der Waals surface area contributed by atoms with Gasteiger partial charge in [-0.25, -0.2) is 4.98 Å². The summed E-state index contributed by atoms with van der Waals surface area (Å²) in [5.41, 5.74) is 3.26. The predicted octanol–water partition coefficient (Wildman–Crippen LogP) is 11.3. The Morgan fingerprint density at radius 3 is 2.08 bits per heavy atom. The molecule has 6 rings (SSSR count). The zero-order valence-electron chi connectivity index (χ0n) is 26.8. The first-order valence-electron chi connectivity index (χ1n) is 15.5. The Hall–Kier alpha value is -4.61. The number of amides is 3. The molecule has 0 spiro atoms. The Morgan fingerprint density at radius 2 is 1.40 bits per heavy atom. The standard InChI is InChI=1S/C39H26Cl4N4O3S2/c40-25-14-19-28(32(43)20-25)34-22-51-39(46-34)47-38(50)35(23-8-3-1-4-9-23)52-27-17-15-26(16-18-27)44-37(49)33(21-29-30(41)12-7-13-31(29)42)45-36(48)24-10-5-2-6-11-24/h1-22,35H,(H,44,49)(H,45,48)(H,46,47,50)/b33-21-. The van der Waals surface area contributed by atoms with Crippen LogP contribution in [0.4, 0.5) is 10.8 Å². The second-order valence-electron chi connectivity index (χ2n) is 11.1. The fourth-order valence-corrected chi connectivity index (χ4v) is 7.66. The first kappa shape index (κ1) is 37.2. The van der Waals surface area contributed by atoms with Gasteiger partial charge in [0.2, 0.25) is 5.91 Å². The van der Waals surface area contributed by atoms with Gasteiger partial charge in [0, 0.05) is 47.7 Å². The molecule has 0 radical (unpaired) electrons. The van der Waals surface area contributed by atoms with Crippen LogP contribution in [0.15, 0.2) is 137 Å². The topological polar surface area (TPSA) is 100 Å². The van der Waals surface area contributed by atoms with Gasteiger partial charge in [0.1, 0.15) is 10.9 Å². The van der Waals surface area contributed by atoms with Gasteiger partial charge in [-0.15, -0.1) is 23.1 Å². The van der Waals surface area contributed by atoms with Crippen LogP contribution >= 0.6 is 69.5 Å². The van der Waals surface area contributed by atoms with E-state index in [0.29, 0.717) is 53.3 Å². The molecule has 260 valence electrons. The van der Waals surface area contributed by atoms with Gasteiger partial charge in [-0.3, -0.25) is 14.4 Å². The molecule has 0 aliphatic carbocycles. The Morgan fingerprint density at radius 1 is 0.731 bits per heavy atom. The van der Waals surface area contributed by atoms with E-state index in [2.05, 4.69) is 20.9 Å². The fraction of sp³-hybridized carbons (Fsp3) is 0.0256. The third-order valence-corrected chi connectivity index (χ3v) is 10.7. The number of anilines is 2. The second kappa shape index (κ2) is 17.3. The minimum atomic E-state index is -0.629. The number of benzene rings is 5. The van der Waals surface area contributed by atoms with Gasteiger partial charge < -0.3 is 16.0 Å². The summed E-state index contributed by atoms with van der Waals surface area (Å²) in [6.07, 6.45) is 1.43. The van der Waals surface area contributed by atoms with Crippen LogP contribution < -0.4 is 16.0 Å². The maximum Gasteiger partial charge on any atom is 0.272 e. The molecule has 1 aromatic heterocycles. The van der Waals surface area contributed by atoms with Crippen molar-refractivity contribution < 1.29 is 14.4 Å². The summed E-state index contributed by atoms with van der Waals surface area (Å²) >= 11 is 27.8. The lowest BCUT2D eigenvalue weighted by Gasteiger charge is -2.17. The fourth-order valence-electron chi connectivity index (χ4n) is 4.91. The molecule has 3 N–H and O–H groups in total. The minimum absolute atomic E-state index is 0.0632. The number of rotatable bonds is 11. The lowest BCUT2D eigenvalue weighted by Crippen LogP contribution is -2.30. The normalized spacial score (nSPS) is 11.8. The number of thiazole rings is 1. The van der Waals surface area contributed by atoms with Crippen molar-refractivity contribution in [1.29, 1.82) is 0 Å². The van der Waals surface area contributed by atoms with E-state index in [9.17, 15) is 14.4 Å². The quantitative estimate of drug-likeness (QED) is 0.0894. The highest BCUT2D eigenvalue weighted by Crippen LogP contribution is 2.38. The largest absolute Gasteiger partial charge is 0.321 e. The summed E-state index contributed by atoms with van der Waals surface area (Å²) in [4.78, 5) is 45.7. The van der Waals surface area contributed by atoms with E-state index in [1.807, 2.05) is 35.7 Å². The van der Waals surface area contributed by atoms with Gasteiger partial charge in [-0.1, -0.05) is 101 Å². The average molecular weight is 805 g/mol. The molecule has 1 atom stereocenters. The van der Waals surface area contributed by atoms with Gasteiger partial charge in [-0.05, 0) is 78.4 Å². The number of carbonyl (C=O) groups is 3. The van der Waals surface area contributed by atoms with Crippen LogP contribution in [0.1, 0.15) is 26.7 Å². The molecule has 3 amide bonds. The summed E-state index contributed by atoms with van der Waals surface area (Å²) in [6, 6.07) is 35.0. The highest BCUT2D eigenvalue weighted by Gasteiger charge is 2.24. The van der Waals surface area contributed by atoms with Crippen molar-refractivity contribution in [2.45, 2.75) is 10.1 Å². The first-order chi connectivity index (χ1) is 25.1. The van der Waals surface area contributed by atoms with Gasteiger partial charge >= 0.3 is 0 Å². The number of carbonyl (C=O) groups excluding carboxylic acids is 3. The molecule has 7 nitrogen and oxygen atoms in total. The number of hydrogen-bond donors (Lipinski definition) is 3.